The molecule has 0 atom stereocenters. The summed E-state index contributed by atoms with van der Waals surface area (Å²) in [7, 11) is 0. The number of nitrogens with one attached hydrogen (secondary N) is 1. The number of nitrogens with zero attached hydrogens (tertiary/aromatic N) is 2. The molecule has 32 heavy (non-hydrogen) atoms. The van der Waals surface area contributed by atoms with Crippen molar-refractivity contribution in [3.8, 4) is 0 Å². The number of carbonyl (C=O) groups excluding carboxylic acids is 2. The highest BCUT2D eigenvalue weighted by molar-refractivity contribution is 7.99. The molecule has 3 aromatic rings. The Morgan fingerprint density at radius 3 is 2.72 bits per heavy atom. The van der Waals surface area contributed by atoms with Gasteiger partial charge >= 0.3 is 0 Å². The second-order valence-corrected chi connectivity index (χ2v) is 9.45. The molecule has 1 aromatic heterocycles. The van der Waals surface area contributed by atoms with Gasteiger partial charge in [0.1, 0.15) is 0 Å². The fraction of sp³-hybridized carbons (Fsp3) is 0.360. The van der Waals surface area contributed by atoms with E-state index in [1.54, 1.807) is 12.1 Å². The van der Waals surface area contributed by atoms with Crippen molar-refractivity contribution in [2.75, 3.05) is 11.1 Å². The van der Waals surface area contributed by atoms with E-state index in [4.69, 9.17) is 4.98 Å². The highest BCUT2D eigenvalue weighted by Gasteiger charge is 2.23. The number of amides is 1. The lowest BCUT2D eigenvalue weighted by atomic mass is 9.95. The number of aromatic nitrogens is 2. The molecule has 2 heterocycles. The molecule has 6 nitrogen and oxygen atoms in total. The Morgan fingerprint density at radius 1 is 1.06 bits per heavy atom. The molecule has 0 spiro atoms. The van der Waals surface area contributed by atoms with E-state index in [1.165, 1.54) is 18.2 Å². The van der Waals surface area contributed by atoms with Crippen LogP contribution >= 0.6 is 11.8 Å². The number of thioether (sulfide) groups is 1. The Morgan fingerprint density at radius 2 is 1.88 bits per heavy atom. The van der Waals surface area contributed by atoms with Gasteiger partial charge in [-0.05, 0) is 55.2 Å². The lowest BCUT2D eigenvalue weighted by Crippen LogP contribution is -2.29. The number of para-hydroxylation sites is 1. The van der Waals surface area contributed by atoms with Crippen molar-refractivity contribution >= 4 is 40.0 Å². The molecule has 1 N–H and O–H groups in total. The van der Waals surface area contributed by atoms with E-state index in [0.717, 1.165) is 36.9 Å². The summed E-state index contributed by atoms with van der Waals surface area (Å²) >= 11 is 1.34. The number of benzene rings is 2. The minimum absolute atomic E-state index is 0.00713. The molecule has 0 unspecified atom stereocenters. The fourth-order valence-electron chi connectivity index (χ4n) is 4.66. The summed E-state index contributed by atoms with van der Waals surface area (Å²) in [5.74, 6) is 0.213. The predicted molar refractivity (Wildman–Crippen MR) is 127 cm³/mol. The van der Waals surface area contributed by atoms with Gasteiger partial charge in [-0.15, -0.1) is 0 Å². The molecule has 1 aliphatic carbocycles. The maximum absolute atomic E-state index is 13.3. The van der Waals surface area contributed by atoms with Crippen LogP contribution in [0, 0.1) is 0 Å². The van der Waals surface area contributed by atoms with E-state index >= 15 is 0 Å². The second kappa shape index (κ2) is 8.90. The summed E-state index contributed by atoms with van der Waals surface area (Å²) in [6.07, 6.45) is 6.44. The maximum Gasteiger partial charge on any atom is 0.262 e. The van der Waals surface area contributed by atoms with Crippen LogP contribution in [0.3, 0.4) is 0 Å². The fourth-order valence-corrected chi connectivity index (χ4v) is 5.62. The van der Waals surface area contributed by atoms with Gasteiger partial charge < -0.3 is 5.32 Å². The van der Waals surface area contributed by atoms with Crippen LogP contribution in [0.5, 0.6) is 0 Å². The number of hydrogen-bond acceptors (Lipinski definition) is 5. The van der Waals surface area contributed by atoms with Crippen LogP contribution in [-0.2, 0) is 11.2 Å². The Kier molecular flexibility index (Phi) is 5.83. The number of ketones is 1. The van der Waals surface area contributed by atoms with Crippen LogP contribution in [0.2, 0.25) is 0 Å². The number of fused-ring (bicyclic) bond motifs is 2. The van der Waals surface area contributed by atoms with Crippen molar-refractivity contribution in [1.29, 1.82) is 0 Å². The monoisotopic (exact) mass is 447 g/mol. The summed E-state index contributed by atoms with van der Waals surface area (Å²) in [5.41, 5.74) is 3.06. The van der Waals surface area contributed by atoms with Crippen LogP contribution in [0.25, 0.3) is 10.9 Å². The average Bonchev–Trinajstić information content (AvgIpc) is 2.83. The third kappa shape index (κ3) is 4.09. The molecule has 2 aliphatic rings. The van der Waals surface area contributed by atoms with Gasteiger partial charge in [0.25, 0.3) is 5.56 Å². The first-order valence-electron chi connectivity index (χ1n) is 11.2. The molecule has 1 aliphatic heterocycles. The Balaban J connectivity index is 1.43. The van der Waals surface area contributed by atoms with E-state index in [9.17, 15) is 14.4 Å². The quantitative estimate of drug-likeness (QED) is 0.346. The van der Waals surface area contributed by atoms with Gasteiger partial charge in [0, 0.05) is 23.7 Å². The van der Waals surface area contributed by atoms with Crippen molar-refractivity contribution < 1.29 is 9.59 Å². The Bertz CT molecular complexity index is 1260. The van der Waals surface area contributed by atoms with E-state index in [-0.39, 0.29) is 29.0 Å². The summed E-state index contributed by atoms with van der Waals surface area (Å²) in [4.78, 5) is 42.7. The molecule has 5 rings (SSSR count). The topological polar surface area (TPSA) is 81.1 Å². The number of aryl methyl sites for hydroxylation is 1. The summed E-state index contributed by atoms with van der Waals surface area (Å²) in [6, 6.07) is 13.0. The molecule has 1 fully saturated rings. The van der Waals surface area contributed by atoms with Crippen molar-refractivity contribution in [1.82, 2.24) is 9.55 Å². The second-order valence-electron chi connectivity index (χ2n) is 8.51. The van der Waals surface area contributed by atoms with Crippen LogP contribution < -0.4 is 10.9 Å². The highest BCUT2D eigenvalue weighted by Crippen LogP contribution is 2.31. The number of hydrogen-bond donors (Lipinski definition) is 1. The largest absolute Gasteiger partial charge is 0.326 e. The minimum Gasteiger partial charge on any atom is -0.326 e. The molecule has 1 amide bonds. The Hall–Kier alpha value is -2.93. The third-order valence-electron chi connectivity index (χ3n) is 6.37. The summed E-state index contributed by atoms with van der Waals surface area (Å²) in [6.45, 7) is 0. The highest BCUT2D eigenvalue weighted by atomic mass is 32.2. The number of Topliss-reactive ketones (excluding diaryl/α,β-unsaturated/α-hetero) is 1. The van der Waals surface area contributed by atoms with E-state index < -0.39 is 0 Å². The van der Waals surface area contributed by atoms with Gasteiger partial charge in [-0.3, -0.25) is 19.0 Å². The van der Waals surface area contributed by atoms with Gasteiger partial charge in [-0.1, -0.05) is 43.2 Å². The number of anilines is 1. The summed E-state index contributed by atoms with van der Waals surface area (Å²) < 4.78 is 1.84. The van der Waals surface area contributed by atoms with Crippen molar-refractivity contribution in [3.63, 3.8) is 0 Å². The first-order chi connectivity index (χ1) is 15.6. The van der Waals surface area contributed by atoms with Crippen LogP contribution in [0.15, 0.2) is 52.4 Å². The van der Waals surface area contributed by atoms with Gasteiger partial charge in [-0.25, -0.2) is 4.98 Å². The number of rotatable bonds is 5. The first kappa shape index (κ1) is 20.9. The molecule has 0 saturated heterocycles. The van der Waals surface area contributed by atoms with Gasteiger partial charge in [0.05, 0.1) is 16.7 Å². The minimum atomic E-state index is -0.0121. The molecule has 1 saturated carbocycles. The van der Waals surface area contributed by atoms with Gasteiger partial charge in [0.2, 0.25) is 5.91 Å². The van der Waals surface area contributed by atoms with Crippen molar-refractivity contribution in [2.24, 2.45) is 0 Å². The van der Waals surface area contributed by atoms with Gasteiger partial charge in [0.15, 0.2) is 10.9 Å². The Labute approximate surface area is 190 Å². The lowest BCUT2D eigenvalue weighted by Gasteiger charge is -2.26. The number of carbonyl (C=O) groups is 2. The zero-order valence-electron chi connectivity index (χ0n) is 17.8. The van der Waals surface area contributed by atoms with Crippen LogP contribution in [0.1, 0.15) is 60.5 Å². The molecule has 164 valence electrons. The van der Waals surface area contributed by atoms with E-state index in [0.29, 0.717) is 34.5 Å². The van der Waals surface area contributed by atoms with E-state index in [1.807, 2.05) is 34.9 Å². The average molecular weight is 448 g/mol. The van der Waals surface area contributed by atoms with Crippen LogP contribution in [-0.4, -0.2) is 27.0 Å². The smallest absolute Gasteiger partial charge is 0.262 e. The van der Waals surface area contributed by atoms with Crippen molar-refractivity contribution in [2.45, 2.75) is 56.1 Å². The molecule has 0 bridgehead atoms. The molecule has 0 radical (unpaired) electrons. The first-order valence-corrected chi connectivity index (χ1v) is 12.2. The molecular weight excluding hydrogens is 422 g/mol. The zero-order chi connectivity index (χ0) is 22.1. The standard InChI is InChI=1S/C25H25N3O3S/c29-22(17-10-12-20-16(14-17)11-13-23(30)26-20)15-32-25-27-21-9-5-4-8-19(21)24(31)28(25)18-6-2-1-3-7-18/h4-5,8-10,12,14,18H,1-3,6-7,11,13,15H2,(H,26,30). The summed E-state index contributed by atoms with van der Waals surface area (Å²) in [5, 5.41) is 4.10. The maximum atomic E-state index is 13.3. The normalized spacial score (nSPS) is 16.6. The molecule has 7 heteroatoms. The van der Waals surface area contributed by atoms with Crippen molar-refractivity contribution in [3.05, 3.63) is 63.9 Å². The van der Waals surface area contributed by atoms with Gasteiger partial charge in [-0.2, -0.15) is 0 Å². The SMILES string of the molecule is O=C1CCc2cc(C(=O)CSc3nc4ccccc4c(=O)n3C3CCCCC3)ccc2N1. The molecule has 2 aromatic carbocycles. The third-order valence-corrected chi connectivity index (χ3v) is 7.32. The predicted octanol–water partition coefficient (Wildman–Crippen LogP) is 4.76. The zero-order valence-corrected chi connectivity index (χ0v) is 18.6. The van der Waals surface area contributed by atoms with Crippen LogP contribution in [0.4, 0.5) is 5.69 Å². The van der Waals surface area contributed by atoms with E-state index in [2.05, 4.69) is 5.32 Å². The molecular formula is C25H25N3O3S. The lowest BCUT2D eigenvalue weighted by molar-refractivity contribution is -0.116.